The molecule has 3 heterocycles. The van der Waals surface area contributed by atoms with Gasteiger partial charge in [-0.2, -0.15) is 5.10 Å². The molecule has 0 unspecified atom stereocenters. The summed E-state index contributed by atoms with van der Waals surface area (Å²) in [6, 6.07) is 7.34. The topological polar surface area (TPSA) is 78.0 Å². The van der Waals surface area contributed by atoms with Crippen molar-refractivity contribution >= 4 is 23.3 Å². The van der Waals surface area contributed by atoms with E-state index < -0.39 is 0 Å². The lowest BCUT2D eigenvalue weighted by Crippen LogP contribution is -2.49. The van der Waals surface area contributed by atoms with Crippen molar-refractivity contribution in [3.63, 3.8) is 0 Å². The SMILES string of the molecule is O=C(c1cn[nH]c1-c1ccc(Cl)cc1)N1CCN(c2cnccn2)CC1. The number of H-pyrrole nitrogens is 1. The highest BCUT2D eigenvalue weighted by molar-refractivity contribution is 6.30. The van der Waals surface area contributed by atoms with Crippen molar-refractivity contribution in [3.8, 4) is 11.3 Å². The maximum absolute atomic E-state index is 13.0. The minimum Gasteiger partial charge on any atom is -0.352 e. The van der Waals surface area contributed by atoms with Crippen LogP contribution in [0.2, 0.25) is 5.02 Å². The number of benzene rings is 1. The van der Waals surface area contributed by atoms with Crippen LogP contribution in [-0.2, 0) is 0 Å². The van der Waals surface area contributed by atoms with Gasteiger partial charge in [-0.25, -0.2) is 4.98 Å². The van der Waals surface area contributed by atoms with Gasteiger partial charge in [0, 0.05) is 49.2 Å². The van der Waals surface area contributed by atoms with Crippen molar-refractivity contribution in [2.24, 2.45) is 0 Å². The summed E-state index contributed by atoms with van der Waals surface area (Å²) in [5.74, 6) is 0.812. The number of aromatic nitrogens is 4. The number of piperazine rings is 1. The average molecular weight is 369 g/mol. The van der Waals surface area contributed by atoms with Crippen molar-refractivity contribution in [2.75, 3.05) is 31.1 Å². The van der Waals surface area contributed by atoms with Crippen LogP contribution in [0, 0.1) is 0 Å². The average Bonchev–Trinajstić information content (AvgIpc) is 3.19. The Balaban J connectivity index is 1.48. The highest BCUT2D eigenvalue weighted by Crippen LogP contribution is 2.24. The number of rotatable bonds is 3. The first kappa shape index (κ1) is 16.5. The molecule has 0 spiro atoms. The first-order valence-corrected chi connectivity index (χ1v) is 8.70. The predicted molar refractivity (Wildman–Crippen MR) is 99.2 cm³/mol. The molecule has 4 rings (SSSR count). The van der Waals surface area contributed by atoms with Crippen molar-refractivity contribution < 1.29 is 4.79 Å². The number of carbonyl (C=O) groups is 1. The largest absolute Gasteiger partial charge is 0.352 e. The van der Waals surface area contributed by atoms with Gasteiger partial charge in [0.2, 0.25) is 0 Å². The summed E-state index contributed by atoms with van der Waals surface area (Å²) in [6.45, 7) is 2.69. The Hall–Kier alpha value is -2.93. The fourth-order valence-electron chi connectivity index (χ4n) is 3.05. The fourth-order valence-corrected chi connectivity index (χ4v) is 3.17. The number of nitrogens with zero attached hydrogens (tertiary/aromatic N) is 5. The molecule has 2 aromatic heterocycles. The van der Waals surface area contributed by atoms with Gasteiger partial charge in [0.05, 0.1) is 23.7 Å². The summed E-state index contributed by atoms with van der Waals surface area (Å²) in [6.07, 6.45) is 6.66. The molecule has 1 fully saturated rings. The van der Waals surface area contributed by atoms with E-state index in [2.05, 4.69) is 25.1 Å². The summed E-state index contributed by atoms with van der Waals surface area (Å²) in [7, 11) is 0. The molecule has 1 aliphatic rings. The second-order valence-corrected chi connectivity index (χ2v) is 6.44. The molecule has 0 bridgehead atoms. The zero-order chi connectivity index (χ0) is 17.9. The number of halogens is 1. The molecule has 1 aromatic carbocycles. The molecular formula is C18H17ClN6O. The molecular weight excluding hydrogens is 352 g/mol. The van der Waals surface area contributed by atoms with Gasteiger partial charge >= 0.3 is 0 Å². The molecule has 0 radical (unpaired) electrons. The maximum atomic E-state index is 13.0. The van der Waals surface area contributed by atoms with Crippen LogP contribution in [0.4, 0.5) is 5.82 Å². The van der Waals surface area contributed by atoms with E-state index >= 15 is 0 Å². The van der Waals surface area contributed by atoms with Gasteiger partial charge in [-0.05, 0) is 12.1 Å². The van der Waals surface area contributed by atoms with Gasteiger partial charge in [0.1, 0.15) is 5.82 Å². The van der Waals surface area contributed by atoms with Gasteiger partial charge in [-0.15, -0.1) is 0 Å². The van der Waals surface area contributed by atoms with E-state index in [0.717, 1.165) is 24.5 Å². The number of carbonyl (C=O) groups excluding carboxylic acids is 1. The van der Waals surface area contributed by atoms with E-state index in [0.29, 0.717) is 29.4 Å². The van der Waals surface area contributed by atoms with Crippen LogP contribution in [0.3, 0.4) is 0 Å². The van der Waals surface area contributed by atoms with Gasteiger partial charge in [0.15, 0.2) is 0 Å². The lowest BCUT2D eigenvalue weighted by atomic mass is 10.1. The third kappa shape index (κ3) is 3.25. The summed E-state index contributed by atoms with van der Waals surface area (Å²) >= 11 is 5.95. The Morgan fingerprint density at radius 1 is 1.04 bits per heavy atom. The van der Waals surface area contributed by atoms with E-state index in [9.17, 15) is 4.79 Å². The van der Waals surface area contributed by atoms with E-state index in [4.69, 9.17) is 11.6 Å². The third-order valence-electron chi connectivity index (χ3n) is 4.44. The summed E-state index contributed by atoms with van der Waals surface area (Å²) in [5, 5.41) is 7.65. The van der Waals surface area contributed by atoms with Crippen molar-refractivity contribution in [1.29, 1.82) is 0 Å². The van der Waals surface area contributed by atoms with Gasteiger partial charge in [0.25, 0.3) is 5.91 Å². The van der Waals surface area contributed by atoms with Crippen LogP contribution in [0.1, 0.15) is 10.4 Å². The Morgan fingerprint density at radius 3 is 2.50 bits per heavy atom. The molecule has 0 aliphatic carbocycles. The first-order chi connectivity index (χ1) is 12.7. The van der Waals surface area contributed by atoms with E-state index in [1.54, 1.807) is 36.9 Å². The standard InChI is InChI=1S/C18H17ClN6O/c19-14-3-1-13(2-4-14)17-15(11-22-23-17)18(26)25-9-7-24(8-10-25)16-12-20-5-6-21-16/h1-6,11-12H,7-10H2,(H,22,23). The van der Waals surface area contributed by atoms with Crippen LogP contribution in [-0.4, -0.2) is 57.2 Å². The molecule has 8 heteroatoms. The highest BCUT2D eigenvalue weighted by Gasteiger charge is 2.25. The second kappa shape index (κ2) is 7.13. The lowest BCUT2D eigenvalue weighted by molar-refractivity contribution is 0.0747. The van der Waals surface area contributed by atoms with Gasteiger partial charge < -0.3 is 9.80 Å². The molecule has 26 heavy (non-hydrogen) atoms. The molecule has 1 amide bonds. The maximum Gasteiger partial charge on any atom is 0.257 e. The van der Waals surface area contributed by atoms with Gasteiger partial charge in [-0.3, -0.25) is 14.9 Å². The molecule has 3 aromatic rings. The Morgan fingerprint density at radius 2 is 1.81 bits per heavy atom. The molecule has 1 aliphatic heterocycles. The minimum atomic E-state index is -0.0255. The smallest absolute Gasteiger partial charge is 0.257 e. The zero-order valence-corrected chi connectivity index (χ0v) is 14.7. The van der Waals surface area contributed by atoms with Crippen molar-refractivity contribution in [3.05, 3.63) is 59.6 Å². The van der Waals surface area contributed by atoms with E-state index in [-0.39, 0.29) is 5.91 Å². The number of anilines is 1. The molecule has 0 atom stereocenters. The minimum absolute atomic E-state index is 0.0255. The van der Waals surface area contributed by atoms with Crippen molar-refractivity contribution in [2.45, 2.75) is 0 Å². The fraction of sp³-hybridized carbons (Fsp3) is 0.222. The molecule has 132 valence electrons. The number of nitrogens with one attached hydrogen (secondary N) is 1. The van der Waals surface area contributed by atoms with E-state index in [1.807, 2.05) is 17.0 Å². The third-order valence-corrected chi connectivity index (χ3v) is 4.70. The summed E-state index contributed by atoms with van der Waals surface area (Å²) in [5.41, 5.74) is 2.16. The molecule has 7 nitrogen and oxygen atoms in total. The highest BCUT2D eigenvalue weighted by atomic mass is 35.5. The van der Waals surface area contributed by atoms with E-state index in [1.165, 1.54) is 0 Å². The Labute approximate surface area is 155 Å². The quantitative estimate of drug-likeness (QED) is 0.768. The molecule has 0 saturated carbocycles. The van der Waals surface area contributed by atoms with Crippen LogP contribution >= 0.6 is 11.6 Å². The Bertz CT molecular complexity index is 888. The first-order valence-electron chi connectivity index (χ1n) is 8.32. The van der Waals surface area contributed by atoms with Crippen molar-refractivity contribution in [1.82, 2.24) is 25.1 Å². The van der Waals surface area contributed by atoms with Crippen LogP contribution in [0.25, 0.3) is 11.3 Å². The zero-order valence-electron chi connectivity index (χ0n) is 14.0. The summed E-state index contributed by atoms with van der Waals surface area (Å²) < 4.78 is 0. The molecule has 1 saturated heterocycles. The normalized spacial score (nSPS) is 14.5. The second-order valence-electron chi connectivity index (χ2n) is 6.01. The van der Waals surface area contributed by atoms with Crippen LogP contribution < -0.4 is 4.90 Å². The number of hydrogen-bond acceptors (Lipinski definition) is 5. The van der Waals surface area contributed by atoms with Crippen LogP contribution in [0.15, 0.2) is 49.1 Å². The monoisotopic (exact) mass is 368 g/mol. The number of hydrogen-bond donors (Lipinski definition) is 1. The Kier molecular flexibility index (Phi) is 4.53. The van der Waals surface area contributed by atoms with Gasteiger partial charge in [-0.1, -0.05) is 23.7 Å². The van der Waals surface area contributed by atoms with Crippen LogP contribution in [0.5, 0.6) is 0 Å². The number of aromatic amines is 1. The predicted octanol–water partition coefficient (Wildman–Crippen LogP) is 2.48. The molecule has 1 N–H and O–H groups in total. The lowest BCUT2D eigenvalue weighted by Gasteiger charge is -2.35. The number of amides is 1. The summed E-state index contributed by atoms with van der Waals surface area (Å²) in [4.78, 5) is 25.4.